The van der Waals surface area contributed by atoms with Crippen molar-refractivity contribution in [2.24, 2.45) is 5.92 Å². The van der Waals surface area contributed by atoms with Crippen molar-refractivity contribution in [2.45, 2.75) is 27.2 Å². The lowest BCUT2D eigenvalue weighted by Gasteiger charge is -2.04. The Balaban J connectivity index is 2.66. The van der Waals surface area contributed by atoms with E-state index < -0.39 is 0 Å². The van der Waals surface area contributed by atoms with Crippen LogP contribution < -0.4 is 0 Å². The second-order valence-corrected chi connectivity index (χ2v) is 4.00. The Labute approximate surface area is 81.3 Å². The Kier molecular flexibility index (Phi) is 3.75. The first-order valence-corrected chi connectivity index (χ1v) is 4.90. The standard InChI is InChI=1S/C13H18/c1-11(2)9-12(3)10-13-7-5-4-6-8-13/h4-8,10-11H,9H2,1-3H3. The molecule has 0 saturated heterocycles. The van der Waals surface area contributed by atoms with Crippen molar-refractivity contribution in [3.05, 3.63) is 41.5 Å². The van der Waals surface area contributed by atoms with E-state index in [0.29, 0.717) is 0 Å². The first-order chi connectivity index (χ1) is 6.18. The van der Waals surface area contributed by atoms with Gasteiger partial charge in [0.1, 0.15) is 0 Å². The van der Waals surface area contributed by atoms with Gasteiger partial charge in [0.15, 0.2) is 0 Å². The topological polar surface area (TPSA) is 0 Å². The normalized spacial score (nSPS) is 12.2. The lowest BCUT2D eigenvalue weighted by atomic mass is 10.0. The largest absolute Gasteiger partial charge is 0.0725 e. The molecule has 0 aromatic heterocycles. The van der Waals surface area contributed by atoms with Crippen LogP contribution in [-0.4, -0.2) is 0 Å². The molecule has 1 aromatic rings. The van der Waals surface area contributed by atoms with Gasteiger partial charge in [0.05, 0.1) is 0 Å². The van der Waals surface area contributed by atoms with Crippen LogP contribution in [0.4, 0.5) is 0 Å². The van der Waals surface area contributed by atoms with Gasteiger partial charge in [-0.05, 0) is 24.8 Å². The molecule has 0 bridgehead atoms. The van der Waals surface area contributed by atoms with E-state index in [-0.39, 0.29) is 0 Å². The molecule has 0 aliphatic heterocycles. The van der Waals surface area contributed by atoms with Gasteiger partial charge in [0, 0.05) is 0 Å². The maximum atomic E-state index is 2.26. The summed E-state index contributed by atoms with van der Waals surface area (Å²) in [5, 5.41) is 0. The molecule has 0 unspecified atom stereocenters. The molecule has 1 rings (SSSR count). The number of rotatable bonds is 3. The molecule has 0 heterocycles. The van der Waals surface area contributed by atoms with Crippen LogP contribution in [0, 0.1) is 5.92 Å². The maximum absolute atomic E-state index is 2.26. The molecule has 70 valence electrons. The third kappa shape index (κ3) is 3.93. The van der Waals surface area contributed by atoms with E-state index in [9.17, 15) is 0 Å². The van der Waals surface area contributed by atoms with Crippen LogP contribution in [0.5, 0.6) is 0 Å². The average Bonchev–Trinajstić information content (AvgIpc) is 2.04. The third-order valence-corrected chi connectivity index (χ3v) is 1.94. The molecule has 0 fully saturated rings. The Morgan fingerprint density at radius 1 is 1.23 bits per heavy atom. The summed E-state index contributed by atoms with van der Waals surface area (Å²) in [7, 11) is 0. The Morgan fingerprint density at radius 3 is 2.38 bits per heavy atom. The molecule has 0 atom stereocenters. The minimum absolute atomic E-state index is 0.750. The fourth-order valence-electron chi connectivity index (χ4n) is 1.54. The summed E-state index contributed by atoms with van der Waals surface area (Å²) in [6.45, 7) is 6.71. The summed E-state index contributed by atoms with van der Waals surface area (Å²) in [4.78, 5) is 0. The van der Waals surface area contributed by atoms with Crippen molar-refractivity contribution in [3.63, 3.8) is 0 Å². The molecule has 1 aromatic carbocycles. The monoisotopic (exact) mass is 174 g/mol. The van der Waals surface area contributed by atoms with Gasteiger partial charge in [-0.3, -0.25) is 0 Å². The molecule has 0 heteroatoms. The molecule has 0 N–H and O–H groups in total. The summed E-state index contributed by atoms with van der Waals surface area (Å²) in [5.74, 6) is 0.750. The molecule has 0 saturated carbocycles. The zero-order chi connectivity index (χ0) is 9.68. The van der Waals surface area contributed by atoms with E-state index in [4.69, 9.17) is 0 Å². The molecule has 0 spiro atoms. The second kappa shape index (κ2) is 4.86. The highest BCUT2D eigenvalue weighted by Crippen LogP contribution is 2.13. The van der Waals surface area contributed by atoms with Crippen molar-refractivity contribution >= 4 is 6.08 Å². The van der Waals surface area contributed by atoms with E-state index >= 15 is 0 Å². The molecule has 0 aliphatic carbocycles. The van der Waals surface area contributed by atoms with Crippen LogP contribution in [0.1, 0.15) is 32.8 Å². The van der Waals surface area contributed by atoms with Gasteiger partial charge in [-0.15, -0.1) is 0 Å². The predicted octanol–water partition coefficient (Wildman–Crippen LogP) is 4.14. The highest BCUT2D eigenvalue weighted by Gasteiger charge is 1.95. The van der Waals surface area contributed by atoms with Gasteiger partial charge >= 0.3 is 0 Å². The lowest BCUT2D eigenvalue weighted by molar-refractivity contribution is 0.644. The summed E-state index contributed by atoms with van der Waals surface area (Å²) in [6, 6.07) is 10.5. The van der Waals surface area contributed by atoms with Gasteiger partial charge in [0.25, 0.3) is 0 Å². The minimum Gasteiger partial charge on any atom is -0.0725 e. The number of benzene rings is 1. The first kappa shape index (κ1) is 10.0. The Morgan fingerprint density at radius 2 is 1.85 bits per heavy atom. The summed E-state index contributed by atoms with van der Waals surface area (Å²) >= 11 is 0. The predicted molar refractivity (Wildman–Crippen MR) is 59.5 cm³/mol. The molecular formula is C13H18. The van der Waals surface area contributed by atoms with Crippen LogP contribution in [0.3, 0.4) is 0 Å². The molecule has 0 amide bonds. The van der Waals surface area contributed by atoms with E-state index in [1.165, 1.54) is 17.6 Å². The third-order valence-electron chi connectivity index (χ3n) is 1.94. The number of hydrogen-bond donors (Lipinski definition) is 0. The summed E-state index contributed by atoms with van der Waals surface area (Å²) in [5.41, 5.74) is 2.77. The van der Waals surface area contributed by atoms with Crippen LogP contribution in [0.25, 0.3) is 6.08 Å². The fraction of sp³-hybridized carbons (Fsp3) is 0.385. The fourth-order valence-corrected chi connectivity index (χ4v) is 1.54. The van der Waals surface area contributed by atoms with Crippen molar-refractivity contribution < 1.29 is 0 Å². The van der Waals surface area contributed by atoms with Crippen molar-refractivity contribution in [1.82, 2.24) is 0 Å². The zero-order valence-corrected chi connectivity index (χ0v) is 8.75. The van der Waals surface area contributed by atoms with E-state index in [1.807, 2.05) is 0 Å². The van der Waals surface area contributed by atoms with Crippen molar-refractivity contribution in [3.8, 4) is 0 Å². The van der Waals surface area contributed by atoms with E-state index in [1.54, 1.807) is 0 Å². The summed E-state index contributed by atoms with van der Waals surface area (Å²) in [6.07, 6.45) is 3.45. The minimum atomic E-state index is 0.750. The highest BCUT2D eigenvalue weighted by atomic mass is 14.0. The SMILES string of the molecule is CC(=Cc1ccccc1)CC(C)C. The molecule has 13 heavy (non-hydrogen) atoms. The zero-order valence-electron chi connectivity index (χ0n) is 8.75. The lowest BCUT2D eigenvalue weighted by Crippen LogP contribution is -1.87. The van der Waals surface area contributed by atoms with Gasteiger partial charge in [0.2, 0.25) is 0 Å². The highest BCUT2D eigenvalue weighted by molar-refractivity contribution is 5.51. The number of allylic oxidation sites excluding steroid dienone is 1. The van der Waals surface area contributed by atoms with Crippen molar-refractivity contribution in [2.75, 3.05) is 0 Å². The Bertz CT molecular complexity index is 267. The van der Waals surface area contributed by atoms with Gasteiger partial charge in [-0.1, -0.05) is 55.8 Å². The number of hydrogen-bond acceptors (Lipinski definition) is 0. The molecule has 0 nitrogen and oxygen atoms in total. The second-order valence-electron chi connectivity index (χ2n) is 4.00. The van der Waals surface area contributed by atoms with Gasteiger partial charge in [-0.2, -0.15) is 0 Å². The smallest absolute Gasteiger partial charge is 0.0257 e. The van der Waals surface area contributed by atoms with Crippen LogP contribution in [-0.2, 0) is 0 Å². The van der Waals surface area contributed by atoms with Crippen LogP contribution >= 0.6 is 0 Å². The van der Waals surface area contributed by atoms with Crippen molar-refractivity contribution in [1.29, 1.82) is 0 Å². The van der Waals surface area contributed by atoms with Crippen LogP contribution in [0.15, 0.2) is 35.9 Å². The maximum Gasteiger partial charge on any atom is -0.0257 e. The van der Waals surface area contributed by atoms with E-state index in [0.717, 1.165) is 5.92 Å². The van der Waals surface area contributed by atoms with Crippen LogP contribution in [0.2, 0.25) is 0 Å². The molecular weight excluding hydrogens is 156 g/mol. The molecule has 0 radical (unpaired) electrons. The first-order valence-electron chi connectivity index (χ1n) is 4.90. The Hall–Kier alpha value is -1.04. The van der Waals surface area contributed by atoms with E-state index in [2.05, 4.69) is 57.2 Å². The van der Waals surface area contributed by atoms with Gasteiger partial charge in [-0.25, -0.2) is 0 Å². The average molecular weight is 174 g/mol. The summed E-state index contributed by atoms with van der Waals surface area (Å²) < 4.78 is 0. The molecule has 0 aliphatic rings. The van der Waals surface area contributed by atoms with Gasteiger partial charge < -0.3 is 0 Å². The quantitative estimate of drug-likeness (QED) is 0.646.